The van der Waals surface area contributed by atoms with Gasteiger partial charge in [-0.2, -0.15) is 0 Å². The first kappa shape index (κ1) is 13.5. The van der Waals surface area contributed by atoms with Crippen LogP contribution in [0.5, 0.6) is 0 Å². The molecule has 0 amide bonds. The topological polar surface area (TPSA) is 24.9 Å². The maximum absolute atomic E-state index is 4.35. The maximum atomic E-state index is 4.35. The van der Waals surface area contributed by atoms with Gasteiger partial charge >= 0.3 is 0 Å². The lowest BCUT2D eigenvalue weighted by Gasteiger charge is -2.29. The second-order valence-corrected chi connectivity index (χ2v) is 5.67. The van der Waals surface area contributed by atoms with Crippen LogP contribution in [-0.2, 0) is 0 Å². The number of pyridine rings is 1. The van der Waals surface area contributed by atoms with E-state index in [0.29, 0.717) is 6.04 Å². The van der Waals surface area contributed by atoms with E-state index in [1.807, 2.05) is 12.4 Å². The lowest BCUT2D eigenvalue weighted by molar-refractivity contribution is 0.299. The highest BCUT2D eigenvalue weighted by Gasteiger charge is 2.22. The van der Waals surface area contributed by atoms with Gasteiger partial charge in [-0.3, -0.25) is 4.98 Å². The zero-order valence-electron chi connectivity index (χ0n) is 11.8. The van der Waals surface area contributed by atoms with Crippen molar-refractivity contribution in [3.63, 3.8) is 0 Å². The SMILES string of the molecule is CNC(c1cncc(C)c1)C1CCCCCCC1. The molecule has 100 valence electrons. The number of rotatable bonds is 3. The molecule has 1 aliphatic rings. The molecule has 1 heterocycles. The van der Waals surface area contributed by atoms with E-state index >= 15 is 0 Å². The third-order valence-corrected chi connectivity index (χ3v) is 4.19. The van der Waals surface area contributed by atoms with Gasteiger partial charge in [0.05, 0.1) is 0 Å². The summed E-state index contributed by atoms with van der Waals surface area (Å²) in [6, 6.07) is 2.77. The fourth-order valence-corrected chi connectivity index (χ4v) is 3.24. The standard InChI is InChI=1S/C16H26N2/c1-13-10-15(12-18-11-13)16(17-2)14-8-6-4-3-5-7-9-14/h10-12,14,16-17H,3-9H2,1-2H3. The summed E-state index contributed by atoms with van der Waals surface area (Å²) in [6.45, 7) is 2.13. The van der Waals surface area contributed by atoms with Gasteiger partial charge < -0.3 is 5.32 Å². The van der Waals surface area contributed by atoms with Gasteiger partial charge in [0, 0.05) is 18.4 Å². The average Bonchev–Trinajstić information content (AvgIpc) is 2.32. The lowest BCUT2D eigenvalue weighted by atomic mass is 9.83. The van der Waals surface area contributed by atoms with Gasteiger partial charge in [0.1, 0.15) is 0 Å². The Kier molecular flexibility index (Phi) is 5.18. The molecule has 2 nitrogen and oxygen atoms in total. The van der Waals surface area contributed by atoms with Gasteiger partial charge in [0.15, 0.2) is 0 Å². The van der Waals surface area contributed by atoms with E-state index < -0.39 is 0 Å². The van der Waals surface area contributed by atoms with Gasteiger partial charge in [0.25, 0.3) is 0 Å². The second kappa shape index (κ2) is 6.89. The Hall–Kier alpha value is -0.890. The molecule has 2 heteroatoms. The molecule has 1 fully saturated rings. The van der Waals surface area contributed by atoms with Crippen molar-refractivity contribution >= 4 is 0 Å². The van der Waals surface area contributed by atoms with E-state index in [4.69, 9.17) is 0 Å². The molecule has 0 saturated heterocycles. The predicted octanol–water partition coefficient (Wildman–Crippen LogP) is 4.01. The van der Waals surface area contributed by atoms with Crippen LogP contribution in [0, 0.1) is 12.8 Å². The third-order valence-electron chi connectivity index (χ3n) is 4.19. The van der Waals surface area contributed by atoms with E-state index in [1.54, 1.807) is 0 Å². The highest BCUT2D eigenvalue weighted by Crippen LogP contribution is 2.32. The van der Waals surface area contributed by atoms with Crippen molar-refractivity contribution in [2.24, 2.45) is 5.92 Å². The molecule has 18 heavy (non-hydrogen) atoms. The van der Waals surface area contributed by atoms with Crippen LogP contribution in [0.2, 0.25) is 0 Å². The highest BCUT2D eigenvalue weighted by molar-refractivity contribution is 5.20. The summed E-state index contributed by atoms with van der Waals surface area (Å²) < 4.78 is 0. The zero-order chi connectivity index (χ0) is 12.8. The monoisotopic (exact) mass is 246 g/mol. The number of aromatic nitrogens is 1. The van der Waals surface area contributed by atoms with Crippen molar-refractivity contribution < 1.29 is 0 Å². The van der Waals surface area contributed by atoms with Crippen molar-refractivity contribution in [1.82, 2.24) is 10.3 Å². The molecule has 0 spiro atoms. The Labute approximate surface area is 111 Å². The molecule has 1 saturated carbocycles. The van der Waals surface area contributed by atoms with Crippen LogP contribution < -0.4 is 5.32 Å². The minimum absolute atomic E-state index is 0.482. The van der Waals surface area contributed by atoms with Gasteiger partial charge in [-0.05, 0) is 43.9 Å². The molecular weight excluding hydrogens is 220 g/mol. The Balaban J connectivity index is 2.10. The average molecular weight is 246 g/mol. The molecule has 0 aromatic carbocycles. The normalized spacial score (nSPS) is 20.1. The number of nitrogens with zero attached hydrogens (tertiary/aromatic N) is 1. The van der Waals surface area contributed by atoms with E-state index in [2.05, 4.69) is 30.3 Å². The highest BCUT2D eigenvalue weighted by atomic mass is 14.9. The predicted molar refractivity (Wildman–Crippen MR) is 76.6 cm³/mol. The van der Waals surface area contributed by atoms with E-state index in [9.17, 15) is 0 Å². The van der Waals surface area contributed by atoms with Gasteiger partial charge in [-0.25, -0.2) is 0 Å². The van der Waals surface area contributed by atoms with Crippen LogP contribution in [0.25, 0.3) is 0 Å². The summed E-state index contributed by atoms with van der Waals surface area (Å²) in [5.74, 6) is 0.777. The molecule has 1 unspecified atom stereocenters. The van der Waals surface area contributed by atoms with Gasteiger partial charge in [0.2, 0.25) is 0 Å². The summed E-state index contributed by atoms with van der Waals surface area (Å²) in [5.41, 5.74) is 2.63. The summed E-state index contributed by atoms with van der Waals surface area (Å²) in [7, 11) is 2.09. The van der Waals surface area contributed by atoms with Crippen molar-refractivity contribution in [2.45, 2.75) is 57.9 Å². The Morgan fingerprint density at radius 2 is 1.78 bits per heavy atom. The van der Waals surface area contributed by atoms with Crippen molar-refractivity contribution in [1.29, 1.82) is 0 Å². The number of hydrogen-bond acceptors (Lipinski definition) is 2. The molecule has 2 rings (SSSR count). The van der Waals surface area contributed by atoms with Crippen molar-refractivity contribution in [3.05, 3.63) is 29.6 Å². The molecule has 1 aromatic rings. The first-order valence-electron chi connectivity index (χ1n) is 7.40. The van der Waals surface area contributed by atoms with Crippen LogP contribution in [0.4, 0.5) is 0 Å². The van der Waals surface area contributed by atoms with Crippen molar-refractivity contribution in [2.75, 3.05) is 7.05 Å². The molecule has 1 N–H and O–H groups in total. The summed E-state index contributed by atoms with van der Waals surface area (Å²) in [6.07, 6.45) is 13.7. The van der Waals surface area contributed by atoms with Gasteiger partial charge in [-0.15, -0.1) is 0 Å². The minimum atomic E-state index is 0.482. The van der Waals surface area contributed by atoms with Crippen LogP contribution in [0.3, 0.4) is 0 Å². The van der Waals surface area contributed by atoms with Crippen LogP contribution in [0.15, 0.2) is 18.5 Å². The fourth-order valence-electron chi connectivity index (χ4n) is 3.24. The molecular formula is C16H26N2. The summed E-state index contributed by atoms with van der Waals surface area (Å²) in [4.78, 5) is 4.35. The molecule has 0 bridgehead atoms. The number of hydrogen-bond donors (Lipinski definition) is 1. The quantitative estimate of drug-likeness (QED) is 0.871. The smallest absolute Gasteiger partial charge is 0.0361 e. The first-order valence-corrected chi connectivity index (χ1v) is 7.40. The number of aryl methyl sites for hydroxylation is 1. The maximum Gasteiger partial charge on any atom is 0.0361 e. The van der Waals surface area contributed by atoms with E-state index in [-0.39, 0.29) is 0 Å². The van der Waals surface area contributed by atoms with Crippen molar-refractivity contribution in [3.8, 4) is 0 Å². The minimum Gasteiger partial charge on any atom is -0.313 e. The fraction of sp³-hybridized carbons (Fsp3) is 0.688. The summed E-state index contributed by atoms with van der Waals surface area (Å²) in [5, 5.41) is 3.52. The Morgan fingerprint density at radius 1 is 1.11 bits per heavy atom. The first-order chi connectivity index (χ1) is 8.81. The van der Waals surface area contributed by atoms with E-state index in [1.165, 1.54) is 56.1 Å². The molecule has 1 aliphatic carbocycles. The zero-order valence-corrected chi connectivity index (χ0v) is 11.8. The number of nitrogens with one attached hydrogen (secondary N) is 1. The largest absolute Gasteiger partial charge is 0.313 e. The third kappa shape index (κ3) is 3.55. The van der Waals surface area contributed by atoms with Crippen LogP contribution in [-0.4, -0.2) is 12.0 Å². The second-order valence-electron chi connectivity index (χ2n) is 5.67. The Morgan fingerprint density at radius 3 is 2.39 bits per heavy atom. The van der Waals surface area contributed by atoms with Crippen LogP contribution >= 0.6 is 0 Å². The van der Waals surface area contributed by atoms with Gasteiger partial charge in [-0.1, -0.05) is 38.2 Å². The molecule has 1 atom stereocenters. The summed E-state index contributed by atoms with van der Waals surface area (Å²) >= 11 is 0. The molecule has 0 aliphatic heterocycles. The molecule has 0 radical (unpaired) electrons. The Bertz CT molecular complexity index is 354. The lowest BCUT2D eigenvalue weighted by Crippen LogP contribution is -2.26. The van der Waals surface area contributed by atoms with E-state index in [0.717, 1.165) is 5.92 Å². The van der Waals surface area contributed by atoms with Crippen LogP contribution in [0.1, 0.15) is 62.1 Å². The molecule has 1 aromatic heterocycles.